The van der Waals surface area contributed by atoms with Gasteiger partial charge in [-0.15, -0.1) is 0 Å². The molecule has 0 saturated carbocycles. The van der Waals surface area contributed by atoms with Crippen LogP contribution < -0.4 is 0 Å². The van der Waals surface area contributed by atoms with Gasteiger partial charge in [0.05, 0.1) is 32.8 Å². The molecule has 264 valence electrons. The number of rotatable bonds is 23. The molecule has 16 heteroatoms. The highest BCUT2D eigenvalue weighted by atomic mass is 32.3. The monoisotopic (exact) mass is 690 g/mol. The predicted octanol–water partition coefficient (Wildman–Crippen LogP) is 8.50. The van der Waals surface area contributed by atoms with E-state index in [9.17, 15) is 48.0 Å². The molecule has 44 heavy (non-hydrogen) atoms. The predicted molar refractivity (Wildman–Crippen MR) is 160 cm³/mol. The SMILES string of the molecule is C=C(C)C(=O)OCCCCCCCC[N+](CCCC)(CCCC)CCCCCC.O=S(=O)([N-]S(=O)(=O)C(F)(F)F)C(F)(F)F. The van der Waals surface area contributed by atoms with Crippen molar-refractivity contribution in [1.82, 2.24) is 0 Å². The van der Waals surface area contributed by atoms with Gasteiger partial charge in [0.1, 0.15) is 0 Å². The van der Waals surface area contributed by atoms with Gasteiger partial charge in [-0.05, 0) is 51.9 Å². The van der Waals surface area contributed by atoms with E-state index in [0.717, 1.165) is 17.0 Å². The van der Waals surface area contributed by atoms with Gasteiger partial charge in [-0.2, -0.15) is 26.3 Å². The number of ether oxygens (including phenoxy) is 1. The molecular weight excluding hydrogens is 638 g/mol. The second kappa shape index (κ2) is 22.2. The van der Waals surface area contributed by atoms with Gasteiger partial charge in [0.25, 0.3) is 0 Å². The molecule has 0 radical (unpaired) electrons. The number of halogens is 6. The van der Waals surface area contributed by atoms with E-state index in [1.165, 1.54) is 108 Å². The van der Waals surface area contributed by atoms with Gasteiger partial charge >= 0.3 is 17.0 Å². The fourth-order valence-corrected chi connectivity index (χ4v) is 6.00. The maximum absolute atomic E-state index is 11.4. The molecule has 0 N–H and O–H groups in total. The maximum atomic E-state index is 11.4. The molecule has 0 aromatic heterocycles. The summed E-state index contributed by atoms with van der Waals surface area (Å²) in [7, 11) is -13.4. The Hall–Kier alpha value is -1.39. The number of alkyl halides is 6. The van der Waals surface area contributed by atoms with Crippen molar-refractivity contribution in [2.24, 2.45) is 0 Å². The Morgan fingerprint density at radius 1 is 0.636 bits per heavy atom. The van der Waals surface area contributed by atoms with E-state index in [0.29, 0.717) is 12.2 Å². The average molecular weight is 691 g/mol. The fourth-order valence-electron chi connectivity index (χ4n) is 4.29. The van der Waals surface area contributed by atoms with Gasteiger partial charge < -0.3 is 13.3 Å². The minimum absolute atomic E-state index is 0.253. The van der Waals surface area contributed by atoms with Crippen LogP contribution in [0.15, 0.2) is 12.2 Å². The van der Waals surface area contributed by atoms with Crippen LogP contribution in [0.3, 0.4) is 0 Å². The van der Waals surface area contributed by atoms with Gasteiger partial charge in [0.15, 0.2) is 20.0 Å². The largest absolute Gasteiger partial charge is 0.480 e. The molecule has 0 spiro atoms. The standard InChI is InChI=1S/C26H52NO2.C2F6NO4S2/c1-6-9-12-17-22-27(20-10-7-2,21-11-8-3)23-18-15-13-14-16-19-24-29-26(28)25(4)5;3-1(4,5)14(10,11)9-15(12,13)2(6,7)8/h4,6-24H2,1-3,5H3;/q+1;-1. The van der Waals surface area contributed by atoms with Crippen LogP contribution in [0, 0.1) is 0 Å². The van der Waals surface area contributed by atoms with Crippen LogP contribution in [0.2, 0.25) is 0 Å². The number of carbonyl (C=O) groups is 1. The molecule has 0 saturated heterocycles. The zero-order valence-electron chi connectivity index (χ0n) is 26.6. The van der Waals surface area contributed by atoms with Crippen LogP contribution >= 0.6 is 0 Å². The van der Waals surface area contributed by atoms with E-state index in [1.54, 1.807) is 6.92 Å². The van der Waals surface area contributed by atoms with E-state index in [4.69, 9.17) is 4.74 Å². The Morgan fingerprint density at radius 3 is 1.34 bits per heavy atom. The van der Waals surface area contributed by atoms with Gasteiger partial charge in [0.2, 0.25) is 0 Å². The molecule has 0 aliphatic carbocycles. The summed E-state index contributed by atoms with van der Waals surface area (Å²) < 4.78 is 116. The number of nitrogens with zero attached hydrogens (tertiary/aromatic N) is 2. The summed E-state index contributed by atoms with van der Waals surface area (Å²) in [6.45, 7) is 18.4. The van der Waals surface area contributed by atoms with Crippen molar-refractivity contribution in [1.29, 1.82) is 0 Å². The molecule has 0 aromatic carbocycles. The van der Waals surface area contributed by atoms with E-state index in [1.807, 2.05) is 0 Å². The van der Waals surface area contributed by atoms with E-state index in [-0.39, 0.29) is 5.97 Å². The molecule has 0 unspecified atom stereocenters. The summed E-state index contributed by atoms with van der Waals surface area (Å²) in [5.74, 6) is -0.253. The highest BCUT2D eigenvalue weighted by Gasteiger charge is 2.47. The third-order valence-electron chi connectivity index (χ3n) is 6.85. The van der Waals surface area contributed by atoms with Crippen molar-refractivity contribution in [2.45, 2.75) is 129 Å². The number of quaternary nitrogens is 1. The molecule has 0 fully saturated rings. The molecule has 0 aliphatic heterocycles. The molecule has 0 heterocycles. The Labute approximate surface area is 260 Å². The Kier molecular flexibility index (Phi) is 22.6. The van der Waals surface area contributed by atoms with Crippen LogP contribution in [0.25, 0.3) is 4.13 Å². The molecule has 0 rings (SSSR count). The number of esters is 1. The Bertz CT molecular complexity index is 967. The summed E-state index contributed by atoms with van der Waals surface area (Å²) in [5.41, 5.74) is -11.9. The summed E-state index contributed by atoms with van der Waals surface area (Å²) in [6.07, 6.45) is 18.3. The van der Waals surface area contributed by atoms with Crippen molar-refractivity contribution in [3.63, 3.8) is 0 Å². The Morgan fingerprint density at radius 2 is 0.977 bits per heavy atom. The van der Waals surface area contributed by atoms with E-state index in [2.05, 4.69) is 27.4 Å². The normalized spacial score (nSPS) is 12.9. The van der Waals surface area contributed by atoms with Gasteiger partial charge in [0, 0.05) is 5.57 Å². The lowest BCUT2D eigenvalue weighted by Crippen LogP contribution is -2.50. The lowest BCUT2D eigenvalue weighted by Gasteiger charge is -2.39. The quantitative estimate of drug-likeness (QED) is 0.0350. The number of hydrogen-bond donors (Lipinski definition) is 0. The minimum Gasteiger partial charge on any atom is -0.462 e. The molecule has 0 amide bonds. The van der Waals surface area contributed by atoms with E-state index < -0.39 is 31.1 Å². The molecule has 0 aromatic rings. The molecule has 0 atom stereocenters. The number of unbranched alkanes of at least 4 members (excludes halogenated alkanes) is 10. The second-order valence-electron chi connectivity index (χ2n) is 11.0. The zero-order chi connectivity index (χ0) is 34.5. The molecule has 0 aliphatic rings. The van der Waals surface area contributed by atoms with Crippen LogP contribution in [0.5, 0.6) is 0 Å². The fraction of sp³-hybridized carbons (Fsp3) is 0.893. The Balaban J connectivity index is 0. The second-order valence-corrected chi connectivity index (χ2v) is 14.4. The summed E-state index contributed by atoms with van der Waals surface area (Å²) in [4.78, 5) is 11.3. The van der Waals surface area contributed by atoms with Crippen LogP contribution in [-0.4, -0.2) is 71.1 Å². The smallest absolute Gasteiger partial charge is 0.462 e. The van der Waals surface area contributed by atoms with Crippen LogP contribution in [0.4, 0.5) is 26.3 Å². The van der Waals surface area contributed by atoms with Crippen molar-refractivity contribution in [3.8, 4) is 0 Å². The number of carbonyl (C=O) groups excluding carboxylic acids is 1. The van der Waals surface area contributed by atoms with Crippen molar-refractivity contribution >= 4 is 26.0 Å². The van der Waals surface area contributed by atoms with Gasteiger partial charge in [-0.3, -0.25) is 0 Å². The molecular formula is C28H52F6N2O6S2. The van der Waals surface area contributed by atoms with Crippen molar-refractivity contribution < 1.29 is 57.2 Å². The third kappa shape index (κ3) is 19.9. The first-order chi connectivity index (χ1) is 20.2. The zero-order valence-corrected chi connectivity index (χ0v) is 28.2. The van der Waals surface area contributed by atoms with Gasteiger partial charge in [-0.1, -0.05) is 72.3 Å². The topological polar surface area (TPSA) is 109 Å². The summed E-state index contributed by atoms with van der Waals surface area (Å²) >= 11 is 0. The summed E-state index contributed by atoms with van der Waals surface area (Å²) in [6, 6.07) is 0. The van der Waals surface area contributed by atoms with Crippen molar-refractivity contribution in [2.75, 3.05) is 32.8 Å². The number of hydrogen-bond acceptors (Lipinski definition) is 6. The van der Waals surface area contributed by atoms with Crippen LogP contribution in [-0.2, 0) is 29.6 Å². The highest BCUT2D eigenvalue weighted by molar-refractivity contribution is 8.13. The average Bonchev–Trinajstić information content (AvgIpc) is 2.90. The first-order valence-corrected chi connectivity index (χ1v) is 18.1. The third-order valence-corrected chi connectivity index (χ3v) is 9.59. The lowest BCUT2D eigenvalue weighted by molar-refractivity contribution is -0.929. The molecule has 8 nitrogen and oxygen atoms in total. The van der Waals surface area contributed by atoms with Gasteiger partial charge in [-0.25, -0.2) is 21.6 Å². The molecule has 0 bridgehead atoms. The first-order valence-electron chi connectivity index (χ1n) is 15.3. The summed E-state index contributed by atoms with van der Waals surface area (Å²) in [5, 5.41) is 0. The van der Waals surface area contributed by atoms with Crippen molar-refractivity contribution in [3.05, 3.63) is 16.3 Å². The van der Waals surface area contributed by atoms with E-state index >= 15 is 0 Å². The van der Waals surface area contributed by atoms with Crippen LogP contribution in [0.1, 0.15) is 118 Å². The number of sulfonamides is 2. The lowest BCUT2D eigenvalue weighted by atomic mass is 10.1. The maximum Gasteiger partial charge on any atom is 0.480 e. The highest BCUT2D eigenvalue weighted by Crippen LogP contribution is 2.36. The first kappa shape index (κ1) is 44.7. The minimum atomic E-state index is -6.72.